The van der Waals surface area contributed by atoms with E-state index in [2.05, 4.69) is 24.5 Å². The summed E-state index contributed by atoms with van der Waals surface area (Å²) in [5.74, 6) is 4.14. The first-order chi connectivity index (χ1) is 7.95. The van der Waals surface area contributed by atoms with E-state index in [-0.39, 0.29) is 0 Å². The third-order valence-electron chi connectivity index (χ3n) is 1.85. The summed E-state index contributed by atoms with van der Waals surface area (Å²) >= 11 is 3.95. The van der Waals surface area contributed by atoms with E-state index in [1.54, 1.807) is 6.07 Å². The fourth-order valence-corrected chi connectivity index (χ4v) is 1.23. The summed E-state index contributed by atoms with van der Waals surface area (Å²) in [5, 5.41) is 0. The second-order valence-corrected chi connectivity index (χ2v) is 3.63. The summed E-state index contributed by atoms with van der Waals surface area (Å²) in [6.45, 7) is 0. The number of ketones is 1. The molecule has 0 heterocycles. The Labute approximate surface area is 102 Å². The number of thiol groups is 1. The van der Waals surface area contributed by atoms with Crippen molar-refractivity contribution >= 4 is 18.4 Å². The van der Waals surface area contributed by atoms with Gasteiger partial charge in [0.05, 0.1) is 0 Å². The third kappa shape index (κ3) is 4.16. The molecule has 0 unspecified atom stereocenters. The van der Waals surface area contributed by atoms with Gasteiger partial charge in [-0.15, -0.1) is 0 Å². The monoisotopic (exact) mass is 258 g/mol. The molecule has 0 aromatic heterocycles. The standard InChI is InChI=1S/C12H9F3OS/c13-12(14,15)11(16)10-6-3-5-9(8-10)4-1-2-7-17/h3,5-6,8,17H,2,7H2. The van der Waals surface area contributed by atoms with Crippen LogP contribution in [0.1, 0.15) is 22.3 Å². The molecule has 0 amide bonds. The summed E-state index contributed by atoms with van der Waals surface area (Å²) in [6.07, 6.45) is -4.31. The van der Waals surface area contributed by atoms with Crippen LogP contribution in [0.3, 0.4) is 0 Å². The quantitative estimate of drug-likeness (QED) is 0.490. The highest BCUT2D eigenvalue weighted by atomic mass is 32.1. The van der Waals surface area contributed by atoms with Crippen LogP contribution in [0.4, 0.5) is 13.2 Å². The van der Waals surface area contributed by atoms with Crippen LogP contribution in [0.5, 0.6) is 0 Å². The predicted molar refractivity (Wildman–Crippen MR) is 62.2 cm³/mol. The second kappa shape index (κ2) is 5.78. The molecule has 0 aliphatic heterocycles. The van der Waals surface area contributed by atoms with E-state index in [0.717, 1.165) is 12.1 Å². The van der Waals surface area contributed by atoms with E-state index in [9.17, 15) is 18.0 Å². The zero-order valence-corrected chi connectivity index (χ0v) is 9.61. The number of rotatable bonds is 2. The molecule has 1 rings (SSSR count). The van der Waals surface area contributed by atoms with Gasteiger partial charge in [0.1, 0.15) is 0 Å². The maximum absolute atomic E-state index is 12.2. The van der Waals surface area contributed by atoms with Crippen LogP contribution >= 0.6 is 12.6 Å². The largest absolute Gasteiger partial charge is 0.454 e. The number of hydrogen-bond donors (Lipinski definition) is 1. The Hall–Kier alpha value is -1.41. The van der Waals surface area contributed by atoms with Gasteiger partial charge in [-0.05, 0) is 12.1 Å². The number of Topliss-reactive ketones (excluding diaryl/α,β-unsaturated/α-hetero) is 1. The maximum atomic E-state index is 12.2. The van der Waals surface area contributed by atoms with Crippen LogP contribution in [0.25, 0.3) is 0 Å². The molecule has 1 aromatic carbocycles. The fraction of sp³-hybridized carbons (Fsp3) is 0.250. The Morgan fingerprint density at radius 2 is 2.06 bits per heavy atom. The zero-order valence-electron chi connectivity index (χ0n) is 8.71. The van der Waals surface area contributed by atoms with E-state index >= 15 is 0 Å². The first kappa shape index (κ1) is 13.7. The van der Waals surface area contributed by atoms with Gasteiger partial charge in [0.25, 0.3) is 5.78 Å². The van der Waals surface area contributed by atoms with Crippen molar-refractivity contribution in [1.82, 2.24) is 0 Å². The van der Waals surface area contributed by atoms with E-state index < -0.39 is 17.5 Å². The van der Waals surface area contributed by atoms with Gasteiger partial charge < -0.3 is 0 Å². The van der Waals surface area contributed by atoms with Gasteiger partial charge in [0, 0.05) is 23.3 Å². The predicted octanol–water partition coefficient (Wildman–Crippen LogP) is 3.10. The summed E-state index contributed by atoms with van der Waals surface area (Å²) in [7, 11) is 0. The van der Waals surface area contributed by atoms with Crippen molar-refractivity contribution in [2.24, 2.45) is 0 Å². The lowest BCUT2D eigenvalue weighted by atomic mass is 10.1. The van der Waals surface area contributed by atoms with Crippen molar-refractivity contribution < 1.29 is 18.0 Å². The molecule has 0 spiro atoms. The highest BCUT2D eigenvalue weighted by molar-refractivity contribution is 7.80. The van der Waals surface area contributed by atoms with E-state index in [1.807, 2.05) is 0 Å². The third-order valence-corrected chi connectivity index (χ3v) is 2.08. The van der Waals surface area contributed by atoms with Gasteiger partial charge >= 0.3 is 6.18 Å². The molecular weight excluding hydrogens is 249 g/mol. The van der Waals surface area contributed by atoms with Crippen LogP contribution in [-0.4, -0.2) is 17.7 Å². The molecule has 0 aliphatic carbocycles. The molecule has 17 heavy (non-hydrogen) atoms. The summed E-state index contributed by atoms with van der Waals surface area (Å²) in [5.41, 5.74) is -0.00273. The van der Waals surface area contributed by atoms with Crippen LogP contribution in [-0.2, 0) is 0 Å². The average Bonchev–Trinajstić information content (AvgIpc) is 2.28. The SMILES string of the molecule is O=C(c1cccc(C#CCCS)c1)C(F)(F)F. The maximum Gasteiger partial charge on any atom is 0.454 e. The summed E-state index contributed by atoms with van der Waals surface area (Å²) in [6, 6.07) is 5.20. The molecule has 0 aliphatic rings. The normalized spacial score (nSPS) is 10.6. The van der Waals surface area contributed by atoms with E-state index in [1.165, 1.54) is 6.07 Å². The van der Waals surface area contributed by atoms with Crippen molar-refractivity contribution in [1.29, 1.82) is 0 Å². The number of benzene rings is 1. The number of carbonyl (C=O) groups excluding carboxylic acids is 1. The van der Waals surface area contributed by atoms with Gasteiger partial charge in [-0.2, -0.15) is 25.8 Å². The number of halogens is 3. The molecule has 0 saturated carbocycles. The minimum atomic E-state index is -4.85. The van der Waals surface area contributed by atoms with Gasteiger partial charge in [0.2, 0.25) is 0 Å². The van der Waals surface area contributed by atoms with E-state index in [0.29, 0.717) is 17.7 Å². The minimum Gasteiger partial charge on any atom is -0.284 e. The highest BCUT2D eigenvalue weighted by Crippen LogP contribution is 2.21. The molecule has 0 saturated heterocycles. The first-order valence-corrected chi connectivity index (χ1v) is 5.39. The minimum absolute atomic E-state index is 0.391. The molecule has 90 valence electrons. The van der Waals surface area contributed by atoms with E-state index in [4.69, 9.17) is 0 Å². The number of carbonyl (C=O) groups is 1. The smallest absolute Gasteiger partial charge is 0.284 e. The molecule has 0 fully saturated rings. The van der Waals surface area contributed by atoms with Crippen molar-refractivity contribution in [3.05, 3.63) is 35.4 Å². The van der Waals surface area contributed by atoms with Gasteiger partial charge in [0.15, 0.2) is 0 Å². The molecule has 0 bridgehead atoms. The summed E-state index contributed by atoms with van der Waals surface area (Å²) < 4.78 is 36.5. The molecule has 0 radical (unpaired) electrons. The lowest BCUT2D eigenvalue weighted by Crippen LogP contribution is -2.22. The van der Waals surface area contributed by atoms with Crippen molar-refractivity contribution in [3.63, 3.8) is 0 Å². The average molecular weight is 258 g/mol. The fourth-order valence-electron chi connectivity index (χ4n) is 1.12. The van der Waals surface area contributed by atoms with Gasteiger partial charge in [-0.1, -0.05) is 24.0 Å². The lowest BCUT2D eigenvalue weighted by Gasteiger charge is -2.04. The van der Waals surface area contributed by atoms with Crippen LogP contribution in [0.2, 0.25) is 0 Å². The molecule has 5 heteroatoms. The molecule has 1 aromatic rings. The lowest BCUT2D eigenvalue weighted by molar-refractivity contribution is -0.0885. The highest BCUT2D eigenvalue weighted by Gasteiger charge is 2.39. The number of hydrogen-bond acceptors (Lipinski definition) is 2. The van der Waals surface area contributed by atoms with Gasteiger partial charge in [-0.25, -0.2) is 0 Å². The topological polar surface area (TPSA) is 17.1 Å². The first-order valence-electron chi connectivity index (χ1n) is 4.76. The Morgan fingerprint density at radius 1 is 1.35 bits per heavy atom. The number of alkyl halides is 3. The van der Waals surface area contributed by atoms with Crippen LogP contribution < -0.4 is 0 Å². The molecular formula is C12H9F3OS. The Balaban J connectivity index is 2.95. The molecule has 0 atom stereocenters. The molecule has 1 nitrogen and oxygen atoms in total. The summed E-state index contributed by atoms with van der Waals surface area (Å²) in [4.78, 5) is 11.0. The van der Waals surface area contributed by atoms with Crippen LogP contribution in [0, 0.1) is 11.8 Å². The Morgan fingerprint density at radius 3 is 2.65 bits per heavy atom. The van der Waals surface area contributed by atoms with Gasteiger partial charge in [-0.3, -0.25) is 4.79 Å². The zero-order chi connectivity index (χ0) is 12.9. The Bertz CT molecular complexity index is 469. The second-order valence-electron chi connectivity index (χ2n) is 3.18. The van der Waals surface area contributed by atoms with Crippen molar-refractivity contribution in [2.75, 3.05) is 5.75 Å². The van der Waals surface area contributed by atoms with Crippen molar-refractivity contribution in [3.8, 4) is 11.8 Å². The van der Waals surface area contributed by atoms with Crippen molar-refractivity contribution in [2.45, 2.75) is 12.6 Å². The van der Waals surface area contributed by atoms with Crippen LogP contribution in [0.15, 0.2) is 24.3 Å². The molecule has 0 N–H and O–H groups in total. The Kier molecular flexibility index (Phi) is 4.64.